The van der Waals surface area contributed by atoms with Crippen molar-refractivity contribution in [1.29, 1.82) is 0 Å². The first kappa shape index (κ1) is 18.7. The minimum absolute atomic E-state index is 0.0391. The van der Waals surface area contributed by atoms with E-state index in [9.17, 15) is 13.2 Å². The summed E-state index contributed by atoms with van der Waals surface area (Å²) in [5, 5.41) is 3.21. The fourth-order valence-corrected chi connectivity index (χ4v) is 3.31. The molecule has 0 aliphatic carbocycles. The van der Waals surface area contributed by atoms with Gasteiger partial charge in [0.25, 0.3) is 0 Å². The minimum atomic E-state index is -1.64. The quantitative estimate of drug-likeness (QED) is 0.488. The van der Waals surface area contributed by atoms with Crippen LogP contribution < -0.4 is 5.32 Å². The van der Waals surface area contributed by atoms with E-state index in [2.05, 4.69) is 34.9 Å². The Labute approximate surface area is 155 Å². The van der Waals surface area contributed by atoms with Crippen LogP contribution in [0.4, 0.5) is 19.0 Å². The number of nitrogens with zero attached hydrogens (tertiary/aromatic N) is 3. The lowest BCUT2D eigenvalue weighted by Gasteiger charge is -2.28. The third-order valence-corrected chi connectivity index (χ3v) is 7.43. The first-order valence-corrected chi connectivity index (χ1v) is 12.0. The Kier molecular flexibility index (Phi) is 4.74. The number of fused-ring (bicyclic) bond motifs is 1. The number of rotatable bonds is 4. The lowest BCUT2D eigenvalue weighted by atomic mass is 10.1. The molecule has 1 aromatic carbocycles. The van der Waals surface area contributed by atoms with E-state index >= 15 is 0 Å². The Morgan fingerprint density at radius 3 is 2.31 bits per heavy atom. The number of hydrogen-bond acceptors (Lipinski definition) is 3. The highest BCUT2D eigenvalue weighted by molar-refractivity contribution is 6.78. The molecule has 9 heteroatoms. The molecule has 0 bridgehead atoms. The molecule has 1 unspecified atom stereocenters. The number of aromatic nitrogens is 3. The van der Waals surface area contributed by atoms with Crippen molar-refractivity contribution in [2.75, 3.05) is 5.32 Å². The summed E-state index contributed by atoms with van der Waals surface area (Å²) >= 11 is 6.26. The van der Waals surface area contributed by atoms with Crippen LogP contribution in [0.2, 0.25) is 24.8 Å². The Morgan fingerprint density at radius 2 is 1.73 bits per heavy atom. The van der Waals surface area contributed by atoms with Gasteiger partial charge in [0.2, 0.25) is 5.78 Å². The van der Waals surface area contributed by atoms with Crippen LogP contribution in [0.25, 0.3) is 16.9 Å². The van der Waals surface area contributed by atoms with Gasteiger partial charge in [0.15, 0.2) is 0 Å². The summed E-state index contributed by atoms with van der Waals surface area (Å²) < 4.78 is 43.8. The average Bonchev–Trinajstić information content (AvgIpc) is 2.95. The summed E-state index contributed by atoms with van der Waals surface area (Å²) in [6.07, 6.45) is 3.14. The highest BCUT2D eigenvalue weighted by Gasteiger charge is 2.28. The van der Waals surface area contributed by atoms with Crippen molar-refractivity contribution in [3.63, 3.8) is 0 Å². The Morgan fingerprint density at radius 1 is 1.12 bits per heavy atom. The van der Waals surface area contributed by atoms with E-state index in [0.717, 1.165) is 0 Å². The van der Waals surface area contributed by atoms with Crippen LogP contribution in [0.5, 0.6) is 0 Å². The van der Waals surface area contributed by atoms with Crippen LogP contribution in [0.1, 0.15) is 6.92 Å². The molecule has 138 valence electrons. The molecule has 3 aromatic rings. The van der Waals surface area contributed by atoms with E-state index in [1.807, 2.05) is 6.92 Å². The van der Waals surface area contributed by atoms with Crippen LogP contribution in [0.15, 0.2) is 24.5 Å². The second-order valence-corrected chi connectivity index (χ2v) is 13.2. The zero-order chi connectivity index (χ0) is 19.2. The van der Waals surface area contributed by atoms with Crippen LogP contribution in [0.3, 0.4) is 0 Å². The number of anilines is 1. The minimum Gasteiger partial charge on any atom is -0.371 e. The molecule has 2 heterocycles. The van der Waals surface area contributed by atoms with E-state index in [0.29, 0.717) is 23.7 Å². The smallest absolute Gasteiger partial charge is 0.236 e. The van der Waals surface area contributed by atoms with Gasteiger partial charge in [-0.1, -0.05) is 31.2 Å². The molecule has 3 rings (SSSR count). The molecule has 0 aliphatic heterocycles. The molecule has 0 spiro atoms. The SMILES string of the molecule is CC(Nc1c(-c2c(F)cc(F)cc2F)c(Cl)nc2nccn12)[Si](C)(C)C. The van der Waals surface area contributed by atoms with Gasteiger partial charge < -0.3 is 5.32 Å². The van der Waals surface area contributed by atoms with Gasteiger partial charge in [0.1, 0.15) is 28.4 Å². The van der Waals surface area contributed by atoms with Crippen LogP contribution in [0, 0.1) is 17.5 Å². The van der Waals surface area contributed by atoms with E-state index in [4.69, 9.17) is 11.6 Å². The molecule has 0 fully saturated rings. The first-order valence-electron chi connectivity index (χ1n) is 8.03. The number of nitrogens with one attached hydrogen (secondary N) is 1. The predicted molar refractivity (Wildman–Crippen MR) is 99.7 cm³/mol. The fraction of sp³-hybridized carbons (Fsp3) is 0.294. The lowest BCUT2D eigenvalue weighted by molar-refractivity contribution is 0.548. The summed E-state index contributed by atoms with van der Waals surface area (Å²) in [6, 6.07) is 1.25. The standard InChI is InChI=1S/C17H18ClF3N4Si/c1-9(26(2,3)4)23-16-14(13-11(20)7-10(19)8-12(13)21)15(18)24-17-22-5-6-25(16)17/h5-9,23H,1-4H3. The zero-order valence-electron chi connectivity index (χ0n) is 14.7. The summed E-state index contributed by atoms with van der Waals surface area (Å²) in [4.78, 5) is 8.20. The van der Waals surface area contributed by atoms with Gasteiger partial charge >= 0.3 is 0 Å². The third-order valence-electron chi connectivity index (χ3n) is 4.41. The molecule has 1 atom stereocenters. The predicted octanol–water partition coefficient (Wildman–Crippen LogP) is 5.14. The van der Waals surface area contributed by atoms with E-state index in [1.165, 1.54) is 6.20 Å². The van der Waals surface area contributed by atoms with Gasteiger partial charge in [-0.15, -0.1) is 0 Å². The molecule has 0 saturated heterocycles. The fourth-order valence-electron chi connectivity index (χ4n) is 2.48. The molecule has 1 N–H and O–H groups in total. The third kappa shape index (κ3) is 3.31. The maximum atomic E-state index is 14.4. The molecular weight excluding hydrogens is 381 g/mol. The molecule has 0 amide bonds. The van der Waals surface area contributed by atoms with Gasteiger partial charge in [-0.3, -0.25) is 4.40 Å². The van der Waals surface area contributed by atoms with Crippen LogP contribution in [-0.2, 0) is 0 Å². The maximum Gasteiger partial charge on any atom is 0.236 e. The van der Waals surface area contributed by atoms with Crippen molar-refractivity contribution in [1.82, 2.24) is 14.4 Å². The van der Waals surface area contributed by atoms with Crippen molar-refractivity contribution in [2.45, 2.75) is 32.2 Å². The number of hydrogen-bond donors (Lipinski definition) is 1. The average molecular weight is 399 g/mol. The molecule has 2 aromatic heterocycles. The van der Waals surface area contributed by atoms with Crippen molar-refractivity contribution in [3.8, 4) is 11.1 Å². The van der Waals surface area contributed by atoms with Crippen LogP contribution in [-0.4, -0.2) is 28.1 Å². The van der Waals surface area contributed by atoms with Crippen molar-refractivity contribution < 1.29 is 13.2 Å². The highest BCUT2D eigenvalue weighted by atomic mass is 35.5. The first-order chi connectivity index (χ1) is 12.1. The van der Waals surface area contributed by atoms with Gasteiger partial charge in [0, 0.05) is 30.2 Å². The summed E-state index contributed by atoms with van der Waals surface area (Å²) in [7, 11) is -1.64. The summed E-state index contributed by atoms with van der Waals surface area (Å²) in [5.74, 6) is -2.42. The monoisotopic (exact) mass is 398 g/mol. The van der Waals surface area contributed by atoms with Gasteiger partial charge in [0.05, 0.1) is 19.2 Å². The second-order valence-electron chi connectivity index (χ2n) is 7.20. The Balaban J connectivity index is 2.32. The molecule has 26 heavy (non-hydrogen) atoms. The topological polar surface area (TPSA) is 42.2 Å². The second kappa shape index (κ2) is 6.59. The van der Waals surface area contributed by atoms with Gasteiger partial charge in [-0.25, -0.2) is 18.2 Å². The van der Waals surface area contributed by atoms with Crippen molar-refractivity contribution in [3.05, 3.63) is 47.1 Å². The summed E-state index contributed by atoms with van der Waals surface area (Å²) in [5.41, 5.74) is -0.334. The molecule has 0 aliphatic rings. The molecule has 0 saturated carbocycles. The number of imidazole rings is 1. The Bertz CT molecular complexity index is 961. The Hall–Kier alpha value is -2.06. The highest BCUT2D eigenvalue weighted by Crippen LogP contribution is 2.38. The van der Waals surface area contributed by atoms with E-state index < -0.39 is 31.1 Å². The van der Waals surface area contributed by atoms with E-state index in [-0.39, 0.29) is 16.4 Å². The van der Waals surface area contributed by atoms with Gasteiger partial charge in [-0.2, -0.15) is 4.98 Å². The van der Waals surface area contributed by atoms with Crippen LogP contribution >= 0.6 is 11.6 Å². The maximum absolute atomic E-state index is 14.4. The molecular formula is C17H18ClF3N4Si. The lowest BCUT2D eigenvalue weighted by Crippen LogP contribution is -2.42. The largest absolute Gasteiger partial charge is 0.371 e. The normalized spacial score (nSPS) is 13.2. The van der Waals surface area contributed by atoms with E-state index in [1.54, 1.807) is 10.6 Å². The van der Waals surface area contributed by atoms with Crippen molar-refractivity contribution in [2.24, 2.45) is 0 Å². The zero-order valence-corrected chi connectivity index (χ0v) is 16.5. The summed E-state index contributed by atoms with van der Waals surface area (Å²) in [6.45, 7) is 8.50. The molecule has 0 radical (unpaired) electrons. The van der Waals surface area contributed by atoms with Gasteiger partial charge in [-0.05, 0) is 6.92 Å². The molecule has 4 nitrogen and oxygen atoms in total. The number of benzene rings is 1. The number of halogens is 4. The van der Waals surface area contributed by atoms with Crippen molar-refractivity contribution >= 4 is 31.3 Å².